The summed E-state index contributed by atoms with van der Waals surface area (Å²) in [5.41, 5.74) is 2.60. The number of anilines is 2. The highest BCUT2D eigenvalue weighted by atomic mass is 19.4. The summed E-state index contributed by atoms with van der Waals surface area (Å²) in [5.74, 6) is 0.905. The van der Waals surface area contributed by atoms with E-state index in [-0.39, 0.29) is 12.6 Å². The molecule has 0 bridgehead atoms. The average molecular weight is 339 g/mol. The largest absolute Gasteiger partial charge is 0.480 e. The Balaban J connectivity index is 1.89. The summed E-state index contributed by atoms with van der Waals surface area (Å²) in [4.78, 5) is 17.4. The number of nitrogens with one attached hydrogen (secondary N) is 2. The highest BCUT2D eigenvalue weighted by Gasteiger charge is 2.30. The van der Waals surface area contributed by atoms with E-state index in [1.807, 2.05) is 0 Å². The Labute approximate surface area is 134 Å². The van der Waals surface area contributed by atoms with Gasteiger partial charge in [0.25, 0.3) is 0 Å². The molecule has 7 nitrogen and oxygen atoms in total. The molecule has 0 saturated heterocycles. The molecule has 1 aliphatic heterocycles. The first kappa shape index (κ1) is 16.0. The van der Waals surface area contributed by atoms with Gasteiger partial charge in [0, 0.05) is 5.69 Å². The van der Waals surface area contributed by atoms with Gasteiger partial charge < -0.3 is 10.1 Å². The summed E-state index contributed by atoms with van der Waals surface area (Å²) in [6.45, 7) is 0.119. The van der Waals surface area contributed by atoms with Gasteiger partial charge >= 0.3 is 6.18 Å². The summed E-state index contributed by atoms with van der Waals surface area (Å²) in [7, 11) is 1.44. The lowest BCUT2D eigenvalue weighted by atomic mass is 10.2. The molecular formula is C14H12F3N5O2. The molecule has 0 atom stereocenters. The Kier molecular flexibility index (Phi) is 4.21. The van der Waals surface area contributed by atoms with Crippen molar-refractivity contribution in [3.8, 4) is 5.88 Å². The van der Waals surface area contributed by atoms with Crippen molar-refractivity contribution in [3.63, 3.8) is 0 Å². The lowest BCUT2D eigenvalue weighted by Crippen LogP contribution is -2.21. The monoisotopic (exact) mass is 339 g/mol. The van der Waals surface area contributed by atoms with E-state index in [4.69, 9.17) is 9.57 Å². The third-order valence-electron chi connectivity index (χ3n) is 3.11. The van der Waals surface area contributed by atoms with Crippen molar-refractivity contribution in [1.29, 1.82) is 0 Å². The number of amidine groups is 1. The minimum absolute atomic E-state index is 0.119. The van der Waals surface area contributed by atoms with E-state index in [0.29, 0.717) is 23.0 Å². The van der Waals surface area contributed by atoms with E-state index in [1.165, 1.54) is 25.4 Å². The van der Waals surface area contributed by atoms with Crippen LogP contribution in [0, 0.1) is 0 Å². The van der Waals surface area contributed by atoms with Gasteiger partial charge in [-0.2, -0.15) is 13.2 Å². The van der Waals surface area contributed by atoms with Gasteiger partial charge in [0.2, 0.25) is 5.88 Å². The van der Waals surface area contributed by atoms with Crippen molar-refractivity contribution in [2.45, 2.75) is 6.18 Å². The van der Waals surface area contributed by atoms with Gasteiger partial charge in [-0.1, -0.05) is 0 Å². The van der Waals surface area contributed by atoms with Crippen LogP contribution in [-0.4, -0.2) is 29.6 Å². The smallest absolute Gasteiger partial charge is 0.416 e. The number of nitrogens with zero attached hydrogens (tertiary/aromatic N) is 3. The summed E-state index contributed by atoms with van der Waals surface area (Å²) < 4.78 is 42.8. The van der Waals surface area contributed by atoms with E-state index >= 15 is 0 Å². The normalized spacial score (nSPS) is 14.1. The second-order valence-electron chi connectivity index (χ2n) is 4.69. The van der Waals surface area contributed by atoms with Gasteiger partial charge in [-0.3, -0.25) is 4.84 Å². The minimum Gasteiger partial charge on any atom is -0.480 e. The molecule has 0 saturated carbocycles. The molecule has 0 amide bonds. The third-order valence-corrected chi connectivity index (χ3v) is 3.11. The lowest BCUT2D eigenvalue weighted by molar-refractivity contribution is -0.137. The quantitative estimate of drug-likeness (QED) is 0.891. The summed E-state index contributed by atoms with van der Waals surface area (Å²) >= 11 is 0. The predicted octanol–water partition coefficient (Wildman–Crippen LogP) is 2.49. The van der Waals surface area contributed by atoms with E-state index < -0.39 is 11.7 Å². The number of hydrogen-bond donors (Lipinski definition) is 2. The molecule has 1 aromatic heterocycles. The molecule has 2 aromatic rings. The second-order valence-corrected chi connectivity index (χ2v) is 4.69. The number of aliphatic imine (C=N–C) groups is 1. The number of methoxy groups -OCH3 is 1. The molecule has 126 valence electrons. The van der Waals surface area contributed by atoms with Crippen LogP contribution in [-0.2, 0) is 11.0 Å². The molecule has 1 aromatic carbocycles. The molecule has 24 heavy (non-hydrogen) atoms. The van der Waals surface area contributed by atoms with Crippen LogP contribution in [0.5, 0.6) is 5.88 Å². The maximum atomic E-state index is 12.6. The summed E-state index contributed by atoms with van der Waals surface area (Å²) in [6, 6.07) is 4.57. The lowest BCUT2D eigenvalue weighted by Gasteiger charge is -2.12. The number of hydroxylamine groups is 1. The summed E-state index contributed by atoms with van der Waals surface area (Å²) in [5, 5.41) is 2.91. The van der Waals surface area contributed by atoms with Crippen LogP contribution in [0.2, 0.25) is 0 Å². The van der Waals surface area contributed by atoms with Gasteiger partial charge in [-0.25, -0.2) is 20.4 Å². The molecule has 0 spiro atoms. The van der Waals surface area contributed by atoms with Crippen LogP contribution in [0.25, 0.3) is 0 Å². The molecule has 2 N–H and O–H groups in total. The van der Waals surface area contributed by atoms with E-state index in [9.17, 15) is 13.2 Å². The molecule has 3 rings (SSSR count). The van der Waals surface area contributed by atoms with E-state index in [0.717, 1.165) is 12.1 Å². The zero-order valence-electron chi connectivity index (χ0n) is 12.4. The number of aromatic nitrogens is 2. The van der Waals surface area contributed by atoms with Crippen LogP contribution in [0.3, 0.4) is 0 Å². The zero-order chi connectivity index (χ0) is 17.2. The van der Waals surface area contributed by atoms with Crippen LogP contribution in [0.15, 0.2) is 35.5 Å². The van der Waals surface area contributed by atoms with Crippen molar-refractivity contribution >= 4 is 17.3 Å². The van der Waals surface area contributed by atoms with Crippen LogP contribution >= 0.6 is 0 Å². The molecule has 2 heterocycles. The van der Waals surface area contributed by atoms with Crippen LogP contribution < -0.4 is 15.5 Å². The first-order chi connectivity index (χ1) is 11.5. The third kappa shape index (κ3) is 3.38. The number of benzene rings is 1. The Morgan fingerprint density at radius 1 is 1.25 bits per heavy atom. The van der Waals surface area contributed by atoms with Gasteiger partial charge in [-0.05, 0) is 24.3 Å². The zero-order valence-corrected chi connectivity index (χ0v) is 12.4. The topological polar surface area (TPSA) is 80.7 Å². The maximum Gasteiger partial charge on any atom is 0.416 e. The number of rotatable bonds is 4. The van der Waals surface area contributed by atoms with Crippen LogP contribution in [0.1, 0.15) is 11.3 Å². The predicted molar refractivity (Wildman–Crippen MR) is 78.9 cm³/mol. The van der Waals surface area contributed by atoms with Gasteiger partial charge in [0.15, 0.2) is 24.1 Å². The second kappa shape index (κ2) is 6.32. The van der Waals surface area contributed by atoms with Crippen LogP contribution in [0.4, 0.5) is 24.7 Å². The molecule has 10 heteroatoms. The van der Waals surface area contributed by atoms with Crippen molar-refractivity contribution in [3.05, 3.63) is 41.7 Å². The van der Waals surface area contributed by atoms with Crippen molar-refractivity contribution in [2.75, 3.05) is 19.2 Å². The fraction of sp³-hybridized carbons (Fsp3) is 0.214. The standard InChI is InChI=1S/C14H12F3N5O2/c1-23-10-6-18-12(11(21-10)13-19-7-24-22-13)20-9-4-2-8(3-5-9)14(15,16)17/h2-6H,7H2,1H3,(H,18,20)(H,19,22). The Morgan fingerprint density at radius 3 is 2.58 bits per heavy atom. The number of hydrogen-bond acceptors (Lipinski definition) is 7. The Hall–Kier alpha value is -2.88. The SMILES string of the molecule is COc1cnc(Nc2ccc(C(F)(F)F)cc2)c(C2=NCON2)n1. The fourth-order valence-electron chi connectivity index (χ4n) is 1.96. The first-order valence-corrected chi connectivity index (χ1v) is 6.75. The van der Waals surface area contributed by atoms with Gasteiger partial charge in [-0.15, -0.1) is 0 Å². The Morgan fingerprint density at radius 2 is 2.00 bits per heavy atom. The number of ether oxygens (including phenoxy) is 1. The fourth-order valence-corrected chi connectivity index (χ4v) is 1.96. The molecule has 0 aliphatic carbocycles. The first-order valence-electron chi connectivity index (χ1n) is 6.75. The van der Waals surface area contributed by atoms with Crippen molar-refractivity contribution < 1.29 is 22.7 Å². The van der Waals surface area contributed by atoms with Crippen molar-refractivity contribution in [1.82, 2.24) is 15.4 Å². The maximum absolute atomic E-state index is 12.6. The number of alkyl halides is 3. The average Bonchev–Trinajstić information content (AvgIpc) is 3.09. The van der Waals surface area contributed by atoms with E-state index in [1.54, 1.807) is 0 Å². The number of halogens is 3. The Bertz CT molecular complexity index is 762. The minimum atomic E-state index is -4.39. The van der Waals surface area contributed by atoms with Crippen molar-refractivity contribution in [2.24, 2.45) is 4.99 Å². The van der Waals surface area contributed by atoms with Gasteiger partial charge in [0.1, 0.15) is 0 Å². The molecule has 0 radical (unpaired) electrons. The molecule has 0 fully saturated rings. The molecular weight excluding hydrogens is 327 g/mol. The van der Waals surface area contributed by atoms with Gasteiger partial charge in [0.05, 0.1) is 18.9 Å². The van der Waals surface area contributed by atoms with E-state index in [2.05, 4.69) is 25.8 Å². The summed E-state index contributed by atoms with van der Waals surface area (Å²) in [6.07, 6.45) is -3.00. The molecule has 0 unspecified atom stereocenters. The highest BCUT2D eigenvalue weighted by Crippen LogP contribution is 2.30. The molecule has 1 aliphatic rings. The highest BCUT2D eigenvalue weighted by molar-refractivity contribution is 6.01.